The number of carbonyl (C=O) groups excluding carboxylic acids is 1. The molecule has 1 amide bonds. The largest absolute Gasteiger partial charge is 0.301 e. The Kier molecular flexibility index (Phi) is 3.63. The molecule has 0 atom stereocenters. The van der Waals surface area contributed by atoms with E-state index in [-0.39, 0.29) is 5.91 Å². The van der Waals surface area contributed by atoms with Gasteiger partial charge in [0.25, 0.3) is 0 Å². The minimum atomic E-state index is 0.0213. The zero-order valence-electron chi connectivity index (χ0n) is 10.7. The predicted molar refractivity (Wildman–Crippen MR) is 78.8 cm³/mol. The normalized spacial score (nSPS) is 15.2. The van der Waals surface area contributed by atoms with Gasteiger partial charge in [-0.2, -0.15) is 0 Å². The third-order valence-corrected chi connectivity index (χ3v) is 4.97. The van der Waals surface area contributed by atoms with Gasteiger partial charge in [0.2, 0.25) is 5.91 Å². The summed E-state index contributed by atoms with van der Waals surface area (Å²) in [6.07, 6.45) is 2.83. The minimum absolute atomic E-state index is 0.0213. The van der Waals surface area contributed by atoms with Crippen molar-refractivity contribution in [2.45, 2.75) is 19.9 Å². The molecule has 3 heterocycles. The summed E-state index contributed by atoms with van der Waals surface area (Å²) in [5, 5.41) is 5.68. The summed E-state index contributed by atoms with van der Waals surface area (Å²) >= 11 is 3.32. The molecule has 4 nitrogen and oxygen atoms in total. The van der Waals surface area contributed by atoms with E-state index in [1.54, 1.807) is 6.20 Å². The van der Waals surface area contributed by atoms with E-state index < -0.39 is 0 Å². The van der Waals surface area contributed by atoms with Crippen LogP contribution in [0.25, 0.3) is 0 Å². The van der Waals surface area contributed by atoms with Crippen molar-refractivity contribution < 1.29 is 4.79 Å². The molecule has 0 unspecified atom stereocenters. The molecule has 100 valence electrons. The first-order chi connectivity index (χ1) is 9.20. The average molecular weight is 293 g/mol. The van der Waals surface area contributed by atoms with E-state index in [2.05, 4.69) is 26.6 Å². The second-order valence-electron chi connectivity index (χ2n) is 4.65. The lowest BCUT2D eigenvalue weighted by molar-refractivity contribution is -0.117. The standard InChI is InChI=1S/C13H15N3OS2/c1-9-6-14-13(19-9)15-12(17)8-16-4-2-11-10(7-16)3-5-18-11/h3,5-6H,2,4,7-8H2,1H3,(H,14,15,17). The second kappa shape index (κ2) is 5.40. The van der Waals surface area contributed by atoms with Crippen LogP contribution in [0.3, 0.4) is 0 Å². The lowest BCUT2D eigenvalue weighted by Gasteiger charge is -2.25. The van der Waals surface area contributed by atoms with E-state index in [0.717, 1.165) is 24.4 Å². The monoisotopic (exact) mass is 293 g/mol. The molecule has 6 heteroatoms. The van der Waals surface area contributed by atoms with Crippen LogP contribution in [0.15, 0.2) is 17.6 Å². The molecule has 1 aliphatic heterocycles. The van der Waals surface area contributed by atoms with Crippen LogP contribution >= 0.6 is 22.7 Å². The summed E-state index contributed by atoms with van der Waals surface area (Å²) in [5.41, 5.74) is 1.37. The summed E-state index contributed by atoms with van der Waals surface area (Å²) in [5.74, 6) is 0.0213. The number of anilines is 1. The third-order valence-electron chi connectivity index (χ3n) is 3.12. The van der Waals surface area contributed by atoms with Gasteiger partial charge in [0.05, 0.1) is 6.54 Å². The van der Waals surface area contributed by atoms with Crippen molar-refractivity contribution in [1.82, 2.24) is 9.88 Å². The first-order valence-electron chi connectivity index (χ1n) is 6.20. The van der Waals surface area contributed by atoms with Crippen LogP contribution in [0.2, 0.25) is 0 Å². The number of amides is 1. The first kappa shape index (κ1) is 12.8. The summed E-state index contributed by atoms with van der Waals surface area (Å²) < 4.78 is 0. The number of nitrogens with one attached hydrogen (secondary N) is 1. The molecule has 2 aromatic rings. The van der Waals surface area contributed by atoms with Crippen molar-refractivity contribution in [1.29, 1.82) is 0 Å². The fourth-order valence-electron chi connectivity index (χ4n) is 2.22. The van der Waals surface area contributed by atoms with Gasteiger partial charge in [-0.3, -0.25) is 9.69 Å². The van der Waals surface area contributed by atoms with Crippen molar-refractivity contribution in [3.05, 3.63) is 33.0 Å². The molecule has 2 aromatic heterocycles. The van der Waals surface area contributed by atoms with Gasteiger partial charge in [-0.1, -0.05) is 0 Å². The zero-order valence-corrected chi connectivity index (χ0v) is 12.3. The topological polar surface area (TPSA) is 45.2 Å². The number of hydrogen-bond donors (Lipinski definition) is 1. The van der Waals surface area contributed by atoms with E-state index in [1.165, 1.54) is 21.8 Å². The highest BCUT2D eigenvalue weighted by Gasteiger charge is 2.19. The van der Waals surface area contributed by atoms with Crippen LogP contribution in [0.4, 0.5) is 5.13 Å². The number of carbonyl (C=O) groups is 1. The van der Waals surface area contributed by atoms with Crippen LogP contribution in [-0.2, 0) is 17.8 Å². The Morgan fingerprint density at radius 3 is 3.26 bits per heavy atom. The molecule has 0 bridgehead atoms. The smallest absolute Gasteiger partial charge is 0.240 e. The lowest BCUT2D eigenvalue weighted by atomic mass is 10.1. The maximum absolute atomic E-state index is 12.0. The quantitative estimate of drug-likeness (QED) is 0.946. The molecule has 1 N–H and O–H groups in total. The molecule has 0 fully saturated rings. The van der Waals surface area contributed by atoms with Crippen LogP contribution in [0.5, 0.6) is 0 Å². The maximum Gasteiger partial charge on any atom is 0.240 e. The highest BCUT2D eigenvalue weighted by atomic mass is 32.1. The number of aromatic nitrogens is 1. The van der Waals surface area contributed by atoms with E-state index in [0.29, 0.717) is 11.7 Å². The Balaban J connectivity index is 1.56. The number of aryl methyl sites for hydroxylation is 1. The van der Waals surface area contributed by atoms with Gasteiger partial charge in [0, 0.05) is 29.0 Å². The number of rotatable bonds is 3. The molecular weight excluding hydrogens is 278 g/mol. The van der Waals surface area contributed by atoms with Crippen molar-refractivity contribution in [2.24, 2.45) is 0 Å². The van der Waals surface area contributed by atoms with Crippen molar-refractivity contribution in [3.63, 3.8) is 0 Å². The lowest BCUT2D eigenvalue weighted by Crippen LogP contribution is -2.36. The van der Waals surface area contributed by atoms with Crippen molar-refractivity contribution >= 4 is 33.7 Å². The number of nitrogens with zero attached hydrogens (tertiary/aromatic N) is 2. The molecule has 0 aromatic carbocycles. The van der Waals surface area contributed by atoms with Gasteiger partial charge in [-0.05, 0) is 30.4 Å². The average Bonchev–Trinajstić information content (AvgIpc) is 2.97. The summed E-state index contributed by atoms with van der Waals surface area (Å²) in [6.45, 7) is 4.25. The second-order valence-corrected chi connectivity index (χ2v) is 6.89. The summed E-state index contributed by atoms with van der Waals surface area (Å²) in [7, 11) is 0. The number of thiophene rings is 1. The van der Waals surface area contributed by atoms with Crippen LogP contribution in [-0.4, -0.2) is 28.9 Å². The van der Waals surface area contributed by atoms with Gasteiger partial charge in [0.1, 0.15) is 0 Å². The molecular formula is C13H15N3OS2. The molecule has 0 saturated heterocycles. The first-order valence-corrected chi connectivity index (χ1v) is 7.90. The van der Waals surface area contributed by atoms with Crippen molar-refractivity contribution in [2.75, 3.05) is 18.4 Å². The molecule has 0 radical (unpaired) electrons. The van der Waals surface area contributed by atoms with Crippen molar-refractivity contribution in [3.8, 4) is 0 Å². The molecule has 19 heavy (non-hydrogen) atoms. The van der Waals surface area contributed by atoms with Gasteiger partial charge >= 0.3 is 0 Å². The fraction of sp³-hybridized carbons (Fsp3) is 0.385. The van der Waals surface area contributed by atoms with E-state index in [9.17, 15) is 4.79 Å². The van der Waals surface area contributed by atoms with Gasteiger partial charge in [-0.15, -0.1) is 22.7 Å². The van der Waals surface area contributed by atoms with Gasteiger partial charge in [0.15, 0.2) is 5.13 Å². The Bertz CT molecular complexity index is 590. The summed E-state index contributed by atoms with van der Waals surface area (Å²) in [6, 6.07) is 2.16. The van der Waals surface area contributed by atoms with E-state index in [1.807, 2.05) is 18.3 Å². The number of fused-ring (bicyclic) bond motifs is 1. The minimum Gasteiger partial charge on any atom is -0.301 e. The predicted octanol–water partition coefficient (Wildman–Crippen LogP) is 2.51. The Labute approximate surface area is 120 Å². The van der Waals surface area contributed by atoms with E-state index >= 15 is 0 Å². The fourth-order valence-corrected chi connectivity index (χ4v) is 3.79. The Morgan fingerprint density at radius 1 is 1.58 bits per heavy atom. The molecule has 1 aliphatic rings. The maximum atomic E-state index is 12.0. The molecule has 0 aliphatic carbocycles. The zero-order chi connectivity index (χ0) is 13.2. The third kappa shape index (κ3) is 3.02. The van der Waals surface area contributed by atoms with Crippen LogP contribution in [0.1, 0.15) is 15.3 Å². The molecule has 0 saturated carbocycles. The van der Waals surface area contributed by atoms with Crippen LogP contribution < -0.4 is 5.32 Å². The van der Waals surface area contributed by atoms with E-state index in [4.69, 9.17) is 0 Å². The highest BCUT2D eigenvalue weighted by molar-refractivity contribution is 7.15. The van der Waals surface area contributed by atoms with Gasteiger partial charge in [-0.25, -0.2) is 4.98 Å². The Morgan fingerprint density at radius 2 is 2.47 bits per heavy atom. The molecule has 0 spiro atoms. The Hall–Kier alpha value is -1.24. The highest BCUT2D eigenvalue weighted by Crippen LogP contribution is 2.24. The van der Waals surface area contributed by atoms with Gasteiger partial charge < -0.3 is 5.32 Å². The number of thiazole rings is 1. The summed E-state index contributed by atoms with van der Waals surface area (Å²) in [4.78, 5) is 20.9. The SMILES string of the molecule is Cc1cnc(NC(=O)CN2CCc3sccc3C2)s1. The van der Waals surface area contributed by atoms with Crippen LogP contribution in [0, 0.1) is 6.92 Å². The number of hydrogen-bond acceptors (Lipinski definition) is 5. The molecule has 3 rings (SSSR count).